The van der Waals surface area contributed by atoms with Crippen molar-refractivity contribution in [2.24, 2.45) is 5.92 Å². The maximum Gasteiger partial charge on any atom is 0.408 e. The molecule has 11 heteroatoms. The molecule has 0 saturated carbocycles. The molecule has 0 bridgehead atoms. The Kier molecular flexibility index (Phi) is 7.47. The molecule has 0 spiro atoms. The second kappa shape index (κ2) is 9.11. The van der Waals surface area contributed by atoms with Gasteiger partial charge < -0.3 is 20.3 Å². The van der Waals surface area contributed by atoms with Crippen LogP contribution in [0.25, 0.3) is 0 Å². The van der Waals surface area contributed by atoms with E-state index >= 15 is 0 Å². The molecule has 0 radical (unpaired) electrons. The van der Waals surface area contributed by atoms with E-state index in [-0.39, 0.29) is 25.1 Å². The monoisotopic (exact) mass is 374 g/mol. The summed E-state index contributed by atoms with van der Waals surface area (Å²) in [6.07, 6.45) is -0.0450. The molecular weight excluding hydrogens is 351 g/mol. The molecule has 1 heterocycles. The van der Waals surface area contributed by atoms with Gasteiger partial charge in [0.25, 0.3) is 0 Å². The predicted molar refractivity (Wildman–Crippen MR) is 86.2 cm³/mol. The largest absolute Gasteiger partial charge is 0.481 e. The minimum Gasteiger partial charge on any atom is -0.481 e. The number of hydrogen-bond acceptors (Lipinski definition) is 6. The maximum absolute atomic E-state index is 12.3. The van der Waals surface area contributed by atoms with Gasteiger partial charge in [-0.3, -0.25) is 4.79 Å². The van der Waals surface area contributed by atoms with E-state index in [9.17, 15) is 29.0 Å². The number of carbonyl (C=O) groups excluding carboxylic acids is 1. The van der Waals surface area contributed by atoms with Crippen molar-refractivity contribution >= 4 is 18.0 Å². The number of hydrogen-bond donors (Lipinski definition) is 3. The van der Waals surface area contributed by atoms with Crippen molar-refractivity contribution in [1.82, 2.24) is 20.3 Å². The summed E-state index contributed by atoms with van der Waals surface area (Å²) < 4.78 is 18.5. The molecule has 0 aliphatic carbocycles. The first kappa shape index (κ1) is 21.3. The second-order valence-electron chi connectivity index (χ2n) is 6.67. The number of rotatable bonds is 9. The van der Waals surface area contributed by atoms with Crippen LogP contribution in [0.3, 0.4) is 0 Å². The van der Waals surface area contributed by atoms with E-state index in [1.807, 2.05) is 0 Å². The predicted octanol–water partition coefficient (Wildman–Crippen LogP) is 0.859. The van der Waals surface area contributed by atoms with Gasteiger partial charge in [0.05, 0.1) is 18.2 Å². The van der Waals surface area contributed by atoms with E-state index in [2.05, 4.69) is 15.6 Å². The maximum atomic E-state index is 12.3. The number of nitrogens with one attached hydrogen (secondary N) is 1. The lowest BCUT2D eigenvalue weighted by molar-refractivity contribution is -0.144. The summed E-state index contributed by atoms with van der Waals surface area (Å²) in [5.74, 6) is -3.77. The van der Waals surface area contributed by atoms with Gasteiger partial charge in [0, 0.05) is 12.6 Å². The molecule has 0 aromatic carbocycles. The number of nitrogens with zero attached hydrogens (tertiary/aromatic N) is 3. The number of carboxylic acid groups (broad SMARTS) is 2. The molecular formula is C15H23FN4O6. The molecule has 1 aromatic rings. The smallest absolute Gasteiger partial charge is 0.408 e. The van der Waals surface area contributed by atoms with Crippen LogP contribution in [0, 0.1) is 5.92 Å². The first-order valence-electron chi connectivity index (χ1n) is 7.92. The number of alkyl carbamates (subject to hydrolysis) is 1. The molecule has 3 N–H and O–H groups in total. The number of aliphatic carboxylic acids is 2. The van der Waals surface area contributed by atoms with Crippen LogP contribution in [0.15, 0.2) is 6.20 Å². The Morgan fingerprint density at radius 1 is 1.31 bits per heavy atom. The number of amides is 1. The molecule has 1 amide bonds. The molecule has 0 fully saturated rings. The lowest BCUT2D eigenvalue weighted by Crippen LogP contribution is -2.45. The highest BCUT2D eigenvalue weighted by Crippen LogP contribution is 2.15. The van der Waals surface area contributed by atoms with Gasteiger partial charge in [0.15, 0.2) is 0 Å². The first-order valence-corrected chi connectivity index (χ1v) is 7.92. The van der Waals surface area contributed by atoms with Gasteiger partial charge in [-0.15, -0.1) is 5.10 Å². The zero-order valence-corrected chi connectivity index (χ0v) is 14.8. The molecule has 0 unspecified atom stereocenters. The van der Waals surface area contributed by atoms with Crippen LogP contribution in [0.4, 0.5) is 9.18 Å². The summed E-state index contributed by atoms with van der Waals surface area (Å²) in [5.41, 5.74) is -0.541. The standard InChI is InChI=1S/C15H23FN4O6/c1-15(2,3)26-14(25)17-11(13(23)24)7-9(12(21)22)6-10-8-20(5-4-16)19-18-10/h8-9,11H,4-7H2,1-3H3,(H,17,25)(H,21,22)(H,23,24)/t9-,11-/m0/s1. The summed E-state index contributed by atoms with van der Waals surface area (Å²) in [4.78, 5) is 34.6. The molecule has 2 atom stereocenters. The second-order valence-corrected chi connectivity index (χ2v) is 6.67. The highest BCUT2D eigenvalue weighted by Gasteiger charge is 2.30. The Morgan fingerprint density at radius 2 is 1.96 bits per heavy atom. The molecule has 1 aromatic heterocycles. The Labute approximate surface area is 149 Å². The highest BCUT2D eigenvalue weighted by atomic mass is 19.1. The van der Waals surface area contributed by atoms with Crippen molar-refractivity contribution in [2.45, 2.75) is 51.8 Å². The Balaban J connectivity index is 2.78. The van der Waals surface area contributed by atoms with Gasteiger partial charge in [-0.1, -0.05) is 5.21 Å². The minimum absolute atomic E-state index is 0.0112. The number of carboxylic acids is 2. The van der Waals surface area contributed by atoms with Gasteiger partial charge in [-0.25, -0.2) is 18.7 Å². The third-order valence-electron chi connectivity index (χ3n) is 3.21. The van der Waals surface area contributed by atoms with E-state index in [1.54, 1.807) is 20.8 Å². The van der Waals surface area contributed by atoms with Gasteiger partial charge in [-0.2, -0.15) is 0 Å². The van der Waals surface area contributed by atoms with Crippen LogP contribution in [-0.4, -0.2) is 61.6 Å². The SMILES string of the molecule is CC(C)(C)OC(=O)N[C@@H](C[C@H](Cc1cn(CCF)nn1)C(=O)O)C(=O)O. The quantitative estimate of drug-likeness (QED) is 0.577. The first-order chi connectivity index (χ1) is 12.0. The molecule has 0 aliphatic heterocycles. The van der Waals surface area contributed by atoms with E-state index in [4.69, 9.17) is 4.74 Å². The molecule has 146 valence electrons. The molecule has 26 heavy (non-hydrogen) atoms. The number of carbonyl (C=O) groups is 3. The number of ether oxygens (including phenoxy) is 1. The van der Waals surface area contributed by atoms with Gasteiger partial charge in [-0.05, 0) is 27.2 Å². The van der Waals surface area contributed by atoms with Crippen molar-refractivity contribution in [1.29, 1.82) is 0 Å². The van der Waals surface area contributed by atoms with Crippen LogP contribution < -0.4 is 5.32 Å². The summed E-state index contributed by atoms with van der Waals surface area (Å²) in [6.45, 7) is 4.18. The number of aryl methyl sites for hydroxylation is 1. The van der Waals surface area contributed by atoms with Crippen molar-refractivity contribution in [2.75, 3.05) is 6.67 Å². The zero-order chi connectivity index (χ0) is 19.9. The fourth-order valence-electron chi connectivity index (χ4n) is 2.11. The van der Waals surface area contributed by atoms with Crippen LogP contribution in [0.2, 0.25) is 0 Å². The fraction of sp³-hybridized carbons (Fsp3) is 0.667. The summed E-state index contributed by atoms with van der Waals surface area (Å²) in [6, 6.07) is -1.45. The fourth-order valence-corrected chi connectivity index (χ4v) is 2.11. The van der Waals surface area contributed by atoms with Gasteiger partial charge in [0.1, 0.15) is 18.3 Å². The van der Waals surface area contributed by atoms with E-state index < -0.39 is 42.3 Å². The minimum atomic E-state index is -1.45. The van der Waals surface area contributed by atoms with E-state index in [0.717, 1.165) is 0 Å². The molecule has 0 saturated heterocycles. The van der Waals surface area contributed by atoms with E-state index in [1.165, 1.54) is 10.9 Å². The van der Waals surface area contributed by atoms with Crippen molar-refractivity contribution in [3.8, 4) is 0 Å². The average Bonchev–Trinajstić information content (AvgIpc) is 2.91. The summed E-state index contributed by atoms with van der Waals surface area (Å²) in [5, 5.41) is 28.1. The molecule has 10 nitrogen and oxygen atoms in total. The van der Waals surface area contributed by atoms with Crippen LogP contribution in [0.5, 0.6) is 0 Å². The van der Waals surface area contributed by atoms with Crippen LogP contribution in [0.1, 0.15) is 32.9 Å². The molecule has 0 aliphatic rings. The van der Waals surface area contributed by atoms with Crippen LogP contribution >= 0.6 is 0 Å². The summed E-state index contributed by atoms with van der Waals surface area (Å²) in [7, 11) is 0. The lowest BCUT2D eigenvalue weighted by Gasteiger charge is -2.23. The van der Waals surface area contributed by atoms with Gasteiger partial charge in [0.2, 0.25) is 0 Å². The Bertz CT molecular complexity index is 642. The topological polar surface area (TPSA) is 144 Å². The highest BCUT2D eigenvalue weighted by molar-refractivity contribution is 5.81. The molecule has 1 rings (SSSR count). The van der Waals surface area contributed by atoms with Crippen molar-refractivity contribution < 1.29 is 33.7 Å². The average molecular weight is 374 g/mol. The Morgan fingerprint density at radius 3 is 2.46 bits per heavy atom. The van der Waals surface area contributed by atoms with Crippen molar-refractivity contribution in [3.05, 3.63) is 11.9 Å². The number of halogens is 1. The Hall–Kier alpha value is -2.72. The summed E-state index contributed by atoms with van der Waals surface area (Å²) >= 11 is 0. The lowest BCUT2D eigenvalue weighted by atomic mass is 9.95. The zero-order valence-electron chi connectivity index (χ0n) is 14.8. The van der Waals surface area contributed by atoms with Crippen molar-refractivity contribution in [3.63, 3.8) is 0 Å². The van der Waals surface area contributed by atoms with E-state index in [0.29, 0.717) is 0 Å². The number of aromatic nitrogens is 3. The number of alkyl halides is 1. The normalized spacial score (nSPS) is 13.7. The third kappa shape index (κ3) is 7.45. The third-order valence-corrected chi connectivity index (χ3v) is 3.21. The van der Waals surface area contributed by atoms with Crippen LogP contribution in [-0.2, 0) is 27.3 Å². The van der Waals surface area contributed by atoms with Gasteiger partial charge >= 0.3 is 18.0 Å².